The molecule has 1 aliphatic rings. The van der Waals surface area contributed by atoms with Gasteiger partial charge in [-0.05, 0) is 35.9 Å². The second-order valence-electron chi connectivity index (χ2n) is 4.98. The first kappa shape index (κ1) is 12.7. The van der Waals surface area contributed by atoms with Crippen molar-refractivity contribution in [2.75, 3.05) is 30.4 Å². The van der Waals surface area contributed by atoms with Gasteiger partial charge in [0.05, 0.1) is 7.11 Å². The molecular formula is C15H17BrN2O. The highest BCUT2D eigenvalue weighted by Crippen LogP contribution is 2.31. The third-order valence-corrected chi connectivity index (χ3v) is 4.67. The maximum Gasteiger partial charge on any atom is 0.136 e. The summed E-state index contributed by atoms with van der Waals surface area (Å²) in [6.45, 7) is 2.16. The molecule has 0 N–H and O–H groups in total. The van der Waals surface area contributed by atoms with Crippen molar-refractivity contribution < 1.29 is 4.74 Å². The molecule has 2 heterocycles. The van der Waals surface area contributed by atoms with Crippen molar-refractivity contribution in [1.82, 2.24) is 4.98 Å². The van der Waals surface area contributed by atoms with Gasteiger partial charge in [0.2, 0.25) is 0 Å². The minimum atomic E-state index is 0.725. The van der Waals surface area contributed by atoms with Crippen LogP contribution in [-0.2, 0) is 0 Å². The fraction of sp³-hybridized carbons (Fsp3) is 0.400. The summed E-state index contributed by atoms with van der Waals surface area (Å²) in [5.41, 5.74) is 0. The molecule has 0 radical (unpaired) electrons. The van der Waals surface area contributed by atoms with Crippen molar-refractivity contribution in [2.24, 2.45) is 5.92 Å². The Morgan fingerprint density at radius 2 is 2.32 bits per heavy atom. The lowest BCUT2D eigenvalue weighted by molar-refractivity contribution is 0.415. The van der Waals surface area contributed by atoms with Crippen LogP contribution in [0.15, 0.2) is 30.5 Å². The van der Waals surface area contributed by atoms with Crippen molar-refractivity contribution in [1.29, 1.82) is 0 Å². The Balaban J connectivity index is 2.03. The summed E-state index contributed by atoms with van der Waals surface area (Å²) >= 11 is 3.58. The molecular weight excluding hydrogens is 304 g/mol. The summed E-state index contributed by atoms with van der Waals surface area (Å²) < 4.78 is 5.33. The molecule has 1 fully saturated rings. The SMILES string of the molecule is COc1ccc2ccnc(N3CCC(CBr)C3)c2c1. The highest BCUT2D eigenvalue weighted by atomic mass is 79.9. The lowest BCUT2D eigenvalue weighted by Crippen LogP contribution is -2.21. The van der Waals surface area contributed by atoms with Gasteiger partial charge in [-0.15, -0.1) is 0 Å². The number of pyridine rings is 1. The molecule has 1 unspecified atom stereocenters. The molecule has 1 aromatic carbocycles. The van der Waals surface area contributed by atoms with Crippen molar-refractivity contribution in [3.63, 3.8) is 0 Å². The van der Waals surface area contributed by atoms with E-state index in [1.165, 1.54) is 17.2 Å². The third kappa shape index (κ3) is 2.41. The Morgan fingerprint density at radius 1 is 1.42 bits per heavy atom. The van der Waals surface area contributed by atoms with Gasteiger partial charge in [0.25, 0.3) is 0 Å². The van der Waals surface area contributed by atoms with Gasteiger partial charge >= 0.3 is 0 Å². The van der Waals surface area contributed by atoms with E-state index in [0.29, 0.717) is 0 Å². The predicted octanol–water partition coefficient (Wildman–Crippen LogP) is 3.46. The first-order valence-corrected chi connectivity index (χ1v) is 7.67. The topological polar surface area (TPSA) is 25.4 Å². The summed E-state index contributed by atoms with van der Waals surface area (Å²) in [4.78, 5) is 6.97. The van der Waals surface area contributed by atoms with E-state index in [9.17, 15) is 0 Å². The molecule has 2 aromatic rings. The summed E-state index contributed by atoms with van der Waals surface area (Å²) in [6, 6.07) is 8.23. The van der Waals surface area contributed by atoms with Crippen molar-refractivity contribution in [3.8, 4) is 5.75 Å². The summed E-state index contributed by atoms with van der Waals surface area (Å²) in [6.07, 6.45) is 3.12. The standard InChI is InChI=1S/C15H17BrN2O/c1-19-13-3-2-12-4-6-17-15(14(12)8-13)18-7-5-11(9-16)10-18/h2-4,6,8,11H,5,7,9-10H2,1H3. The van der Waals surface area contributed by atoms with Crippen molar-refractivity contribution in [2.45, 2.75) is 6.42 Å². The van der Waals surface area contributed by atoms with E-state index in [-0.39, 0.29) is 0 Å². The molecule has 4 heteroatoms. The number of halogens is 1. The number of benzene rings is 1. The highest BCUT2D eigenvalue weighted by Gasteiger charge is 2.23. The number of rotatable bonds is 3. The number of nitrogens with zero attached hydrogens (tertiary/aromatic N) is 2. The van der Waals surface area contributed by atoms with Crippen LogP contribution in [0.1, 0.15) is 6.42 Å². The average molecular weight is 321 g/mol. The Bertz CT molecular complexity index is 587. The van der Waals surface area contributed by atoms with E-state index in [1.54, 1.807) is 7.11 Å². The number of methoxy groups -OCH3 is 1. The van der Waals surface area contributed by atoms with Gasteiger partial charge in [-0.2, -0.15) is 0 Å². The maximum atomic E-state index is 5.33. The largest absolute Gasteiger partial charge is 0.497 e. The fourth-order valence-electron chi connectivity index (χ4n) is 2.66. The van der Waals surface area contributed by atoms with Crippen LogP contribution in [0.25, 0.3) is 10.8 Å². The zero-order valence-electron chi connectivity index (χ0n) is 11.0. The lowest BCUT2D eigenvalue weighted by Gasteiger charge is -2.19. The van der Waals surface area contributed by atoms with Gasteiger partial charge < -0.3 is 9.64 Å². The number of ether oxygens (including phenoxy) is 1. The number of hydrogen-bond acceptors (Lipinski definition) is 3. The van der Waals surface area contributed by atoms with E-state index in [4.69, 9.17) is 4.74 Å². The average Bonchev–Trinajstić information content (AvgIpc) is 2.94. The monoisotopic (exact) mass is 320 g/mol. The Hall–Kier alpha value is -1.29. The first-order chi connectivity index (χ1) is 9.31. The normalized spacial score (nSPS) is 19.1. The molecule has 100 valence electrons. The van der Waals surface area contributed by atoms with Gasteiger partial charge in [0, 0.05) is 30.0 Å². The summed E-state index contributed by atoms with van der Waals surface area (Å²) in [7, 11) is 1.70. The molecule has 1 atom stereocenters. The lowest BCUT2D eigenvalue weighted by atomic mass is 10.1. The Kier molecular flexibility index (Phi) is 3.60. The van der Waals surface area contributed by atoms with Crippen LogP contribution in [0.2, 0.25) is 0 Å². The zero-order valence-corrected chi connectivity index (χ0v) is 12.6. The van der Waals surface area contributed by atoms with E-state index in [2.05, 4.69) is 44.0 Å². The predicted molar refractivity (Wildman–Crippen MR) is 82.4 cm³/mol. The van der Waals surface area contributed by atoms with E-state index < -0.39 is 0 Å². The molecule has 0 bridgehead atoms. The molecule has 1 aliphatic heterocycles. The molecule has 0 amide bonds. The Morgan fingerprint density at radius 3 is 3.05 bits per heavy atom. The molecule has 3 nitrogen and oxygen atoms in total. The van der Waals surface area contributed by atoms with Crippen LogP contribution in [0.4, 0.5) is 5.82 Å². The van der Waals surface area contributed by atoms with Crippen LogP contribution in [0.5, 0.6) is 5.75 Å². The van der Waals surface area contributed by atoms with Crippen molar-refractivity contribution in [3.05, 3.63) is 30.5 Å². The summed E-state index contributed by atoms with van der Waals surface area (Å²) in [5.74, 6) is 2.69. The molecule has 0 aliphatic carbocycles. The molecule has 0 saturated carbocycles. The molecule has 1 saturated heterocycles. The van der Waals surface area contributed by atoms with E-state index >= 15 is 0 Å². The molecule has 1 aromatic heterocycles. The van der Waals surface area contributed by atoms with Crippen LogP contribution in [-0.4, -0.2) is 30.5 Å². The van der Waals surface area contributed by atoms with Gasteiger partial charge in [0.1, 0.15) is 11.6 Å². The van der Waals surface area contributed by atoms with Crippen LogP contribution in [0, 0.1) is 5.92 Å². The minimum Gasteiger partial charge on any atom is -0.497 e. The van der Waals surface area contributed by atoms with Crippen LogP contribution in [0.3, 0.4) is 0 Å². The quantitative estimate of drug-likeness (QED) is 0.810. The van der Waals surface area contributed by atoms with Gasteiger partial charge in [-0.1, -0.05) is 22.0 Å². The van der Waals surface area contributed by atoms with Gasteiger partial charge in [-0.25, -0.2) is 4.98 Å². The third-order valence-electron chi connectivity index (χ3n) is 3.76. The maximum absolute atomic E-state index is 5.33. The summed E-state index contributed by atoms with van der Waals surface area (Å²) in [5, 5.41) is 3.46. The number of hydrogen-bond donors (Lipinski definition) is 0. The van der Waals surface area contributed by atoms with Crippen LogP contribution < -0.4 is 9.64 Å². The molecule has 3 rings (SSSR count). The number of alkyl halides is 1. The van der Waals surface area contributed by atoms with Crippen molar-refractivity contribution >= 4 is 32.5 Å². The number of fused-ring (bicyclic) bond motifs is 1. The smallest absolute Gasteiger partial charge is 0.136 e. The second-order valence-corrected chi connectivity index (χ2v) is 5.62. The van der Waals surface area contributed by atoms with Gasteiger partial charge in [-0.3, -0.25) is 0 Å². The van der Waals surface area contributed by atoms with E-state index in [0.717, 1.165) is 35.9 Å². The number of aromatic nitrogens is 1. The first-order valence-electron chi connectivity index (χ1n) is 6.55. The molecule has 0 spiro atoms. The highest BCUT2D eigenvalue weighted by molar-refractivity contribution is 9.09. The van der Waals surface area contributed by atoms with Crippen LogP contribution >= 0.6 is 15.9 Å². The fourth-order valence-corrected chi connectivity index (χ4v) is 3.19. The second kappa shape index (κ2) is 5.37. The molecule has 19 heavy (non-hydrogen) atoms. The zero-order chi connectivity index (χ0) is 13.2. The van der Waals surface area contributed by atoms with Gasteiger partial charge in [0.15, 0.2) is 0 Å². The minimum absolute atomic E-state index is 0.725. The number of anilines is 1. The van der Waals surface area contributed by atoms with E-state index in [1.807, 2.05) is 12.3 Å². The Labute approximate surface area is 121 Å².